The van der Waals surface area contributed by atoms with Gasteiger partial charge in [0.1, 0.15) is 12.4 Å². The molecule has 1 N–H and O–H groups in total. The van der Waals surface area contributed by atoms with Crippen LogP contribution in [0.1, 0.15) is 31.7 Å². The molecule has 0 aliphatic carbocycles. The summed E-state index contributed by atoms with van der Waals surface area (Å²) in [6, 6.07) is 8.30. The molecule has 22 heavy (non-hydrogen) atoms. The standard InChI is InChI=1S/C18H29NO3/c1-3-18(15-20)7-9-19(10-8-18)14-16-5-4-6-17(13-16)22-12-11-21-2/h4-6,13,20H,3,7-12,14-15H2,1-2H3. The number of nitrogens with zero attached hydrogens (tertiary/aromatic N) is 1. The van der Waals surface area contributed by atoms with Crippen LogP contribution in [0, 0.1) is 5.41 Å². The molecule has 1 aliphatic heterocycles. The van der Waals surface area contributed by atoms with E-state index in [4.69, 9.17) is 9.47 Å². The smallest absolute Gasteiger partial charge is 0.119 e. The number of piperidine rings is 1. The van der Waals surface area contributed by atoms with E-state index in [1.54, 1.807) is 7.11 Å². The van der Waals surface area contributed by atoms with Crippen molar-refractivity contribution in [3.8, 4) is 5.75 Å². The third kappa shape index (κ3) is 4.70. The largest absolute Gasteiger partial charge is 0.491 e. The SMILES string of the molecule is CCC1(CO)CCN(Cc2cccc(OCCOC)c2)CC1. The molecule has 0 atom stereocenters. The molecule has 0 spiro atoms. The minimum absolute atomic E-state index is 0.154. The Morgan fingerprint density at radius 3 is 2.64 bits per heavy atom. The van der Waals surface area contributed by atoms with Crippen LogP contribution in [0.3, 0.4) is 0 Å². The highest BCUT2D eigenvalue weighted by Gasteiger charge is 2.32. The molecule has 1 aromatic carbocycles. The second-order valence-corrected chi connectivity index (χ2v) is 6.28. The van der Waals surface area contributed by atoms with E-state index < -0.39 is 0 Å². The molecule has 124 valence electrons. The summed E-state index contributed by atoms with van der Waals surface area (Å²) in [5, 5.41) is 9.61. The lowest BCUT2D eigenvalue weighted by molar-refractivity contribution is 0.0382. The number of aliphatic hydroxyl groups excluding tert-OH is 1. The van der Waals surface area contributed by atoms with E-state index in [0.717, 1.165) is 44.6 Å². The summed E-state index contributed by atoms with van der Waals surface area (Å²) in [6.45, 7) is 6.77. The van der Waals surface area contributed by atoms with Gasteiger partial charge in [-0.2, -0.15) is 0 Å². The lowest BCUT2D eigenvalue weighted by Crippen LogP contribution is -2.41. The Bertz CT molecular complexity index is 436. The van der Waals surface area contributed by atoms with Gasteiger partial charge in [-0.15, -0.1) is 0 Å². The van der Waals surface area contributed by atoms with Gasteiger partial charge >= 0.3 is 0 Å². The first-order chi connectivity index (χ1) is 10.7. The van der Waals surface area contributed by atoms with Crippen LogP contribution in [0.2, 0.25) is 0 Å². The number of benzene rings is 1. The molecule has 4 heteroatoms. The van der Waals surface area contributed by atoms with Crippen LogP contribution in [0.15, 0.2) is 24.3 Å². The Hall–Kier alpha value is -1.10. The van der Waals surface area contributed by atoms with Crippen LogP contribution in [-0.2, 0) is 11.3 Å². The van der Waals surface area contributed by atoms with Gasteiger partial charge in [0.15, 0.2) is 0 Å². The monoisotopic (exact) mass is 307 g/mol. The summed E-state index contributed by atoms with van der Waals surface area (Å²) in [4.78, 5) is 2.47. The van der Waals surface area contributed by atoms with Crippen LogP contribution < -0.4 is 4.74 Å². The molecule has 1 saturated heterocycles. The first-order valence-corrected chi connectivity index (χ1v) is 8.25. The maximum Gasteiger partial charge on any atom is 0.119 e. The van der Waals surface area contributed by atoms with E-state index in [2.05, 4.69) is 24.0 Å². The molecule has 0 amide bonds. The Morgan fingerprint density at radius 1 is 1.23 bits per heavy atom. The molecule has 0 aromatic heterocycles. The summed E-state index contributed by atoms with van der Waals surface area (Å²) in [5.41, 5.74) is 1.43. The first kappa shape index (κ1) is 17.3. The number of methoxy groups -OCH3 is 1. The van der Waals surface area contributed by atoms with Gasteiger partial charge in [0.05, 0.1) is 6.61 Å². The van der Waals surface area contributed by atoms with Gasteiger partial charge in [0, 0.05) is 20.3 Å². The summed E-state index contributed by atoms with van der Waals surface area (Å²) >= 11 is 0. The number of rotatable bonds is 8. The third-order valence-corrected chi connectivity index (χ3v) is 4.86. The summed E-state index contributed by atoms with van der Waals surface area (Å²) < 4.78 is 10.7. The highest BCUT2D eigenvalue weighted by atomic mass is 16.5. The van der Waals surface area contributed by atoms with Gasteiger partial charge in [-0.1, -0.05) is 19.1 Å². The molecule has 1 aromatic rings. The van der Waals surface area contributed by atoms with Gasteiger partial charge in [-0.05, 0) is 55.5 Å². The number of aliphatic hydroxyl groups is 1. The fourth-order valence-corrected chi connectivity index (χ4v) is 3.04. The van der Waals surface area contributed by atoms with E-state index in [-0.39, 0.29) is 5.41 Å². The molecular formula is C18H29NO3. The van der Waals surface area contributed by atoms with Gasteiger partial charge < -0.3 is 14.6 Å². The molecule has 4 nitrogen and oxygen atoms in total. The fourth-order valence-electron chi connectivity index (χ4n) is 3.04. The zero-order valence-corrected chi connectivity index (χ0v) is 13.9. The van der Waals surface area contributed by atoms with Gasteiger partial charge in [0.2, 0.25) is 0 Å². The van der Waals surface area contributed by atoms with E-state index in [0.29, 0.717) is 19.8 Å². The number of ether oxygens (including phenoxy) is 2. The lowest BCUT2D eigenvalue weighted by atomic mass is 9.77. The van der Waals surface area contributed by atoms with Gasteiger partial charge in [-0.25, -0.2) is 0 Å². The highest BCUT2D eigenvalue weighted by molar-refractivity contribution is 5.28. The average molecular weight is 307 g/mol. The zero-order chi connectivity index (χ0) is 15.8. The Labute approximate surface area is 134 Å². The second kappa shape index (κ2) is 8.51. The normalized spacial score (nSPS) is 18.3. The topological polar surface area (TPSA) is 41.9 Å². The average Bonchev–Trinajstić information content (AvgIpc) is 2.57. The van der Waals surface area contributed by atoms with Crippen molar-refractivity contribution in [1.29, 1.82) is 0 Å². The van der Waals surface area contributed by atoms with Crippen molar-refractivity contribution in [2.75, 3.05) is 40.0 Å². The van der Waals surface area contributed by atoms with Crippen molar-refractivity contribution in [2.24, 2.45) is 5.41 Å². The fraction of sp³-hybridized carbons (Fsp3) is 0.667. The van der Waals surface area contributed by atoms with Crippen LogP contribution in [-0.4, -0.2) is 50.0 Å². The number of likely N-dealkylation sites (tertiary alicyclic amines) is 1. The zero-order valence-electron chi connectivity index (χ0n) is 13.9. The van der Waals surface area contributed by atoms with Crippen molar-refractivity contribution in [1.82, 2.24) is 4.90 Å². The predicted molar refractivity (Wildman–Crippen MR) is 88.1 cm³/mol. The van der Waals surface area contributed by atoms with Gasteiger partial charge in [0.25, 0.3) is 0 Å². The number of hydrogen-bond donors (Lipinski definition) is 1. The maximum atomic E-state index is 9.61. The van der Waals surface area contributed by atoms with Crippen LogP contribution in [0.4, 0.5) is 0 Å². The molecule has 1 heterocycles. The van der Waals surface area contributed by atoms with E-state index in [9.17, 15) is 5.11 Å². The molecule has 0 radical (unpaired) electrons. The Kier molecular flexibility index (Phi) is 6.68. The predicted octanol–water partition coefficient (Wildman–Crippen LogP) is 2.70. The van der Waals surface area contributed by atoms with E-state index in [1.165, 1.54) is 5.56 Å². The minimum atomic E-state index is 0.154. The Balaban J connectivity index is 1.85. The maximum absolute atomic E-state index is 9.61. The van der Waals surface area contributed by atoms with Crippen molar-refractivity contribution in [3.63, 3.8) is 0 Å². The van der Waals surface area contributed by atoms with Crippen LogP contribution in [0.25, 0.3) is 0 Å². The van der Waals surface area contributed by atoms with Crippen molar-refractivity contribution < 1.29 is 14.6 Å². The quantitative estimate of drug-likeness (QED) is 0.750. The molecule has 0 unspecified atom stereocenters. The summed E-state index contributed by atoms with van der Waals surface area (Å²) in [5.74, 6) is 0.907. The lowest BCUT2D eigenvalue weighted by Gasteiger charge is -2.40. The molecular weight excluding hydrogens is 278 g/mol. The second-order valence-electron chi connectivity index (χ2n) is 6.28. The van der Waals surface area contributed by atoms with Gasteiger partial charge in [-0.3, -0.25) is 4.90 Å². The molecule has 0 saturated carbocycles. The third-order valence-electron chi connectivity index (χ3n) is 4.86. The number of hydrogen-bond acceptors (Lipinski definition) is 4. The van der Waals surface area contributed by atoms with E-state index >= 15 is 0 Å². The summed E-state index contributed by atoms with van der Waals surface area (Å²) in [7, 11) is 1.68. The van der Waals surface area contributed by atoms with E-state index in [1.807, 2.05) is 12.1 Å². The minimum Gasteiger partial charge on any atom is -0.491 e. The van der Waals surface area contributed by atoms with Crippen molar-refractivity contribution in [3.05, 3.63) is 29.8 Å². The van der Waals surface area contributed by atoms with Crippen molar-refractivity contribution in [2.45, 2.75) is 32.7 Å². The van der Waals surface area contributed by atoms with Crippen molar-refractivity contribution >= 4 is 0 Å². The first-order valence-electron chi connectivity index (χ1n) is 8.25. The Morgan fingerprint density at radius 2 is 2.00 bits per heavy atom. The molecule has 2 rings (SSSR count). The summed E-state index contributed by atoms with van der Waals surface area (Å²) in [6.07, 6.45) is 3.24. The van der Waals surface area contributed by atoms with Crippen LogP contribution >= 0.6 is 0 Å². The molecule has 0 bridgehead atoms. The van der Waals surface area contributed by atoms with Crippen LogP contribution in [0.5, 0.6) is 5.75 Å². The molecule has 1 aliphatic rings. The molecule has 1 fully saturated rings. The highest BCUT2D eigenvalue weighted by Crippen LogP contribution is 2.34.